The van der Waals surface area contributed by atoms with E-state index >= 15 is 0 Å². The topological polar surface area (TPSA) is 46.9 Å². The van der Waals surface area contributed by atoms with Crippen molar-refractivity contribution in [1.82, 2.24) is 9.78 Å². The highest BCUT2D eigenvalue weighted by Gasteiger charge is 2.33. The van der Waals surface area contributed by atoms with Crippen molar-refractivity contribution < 1.29 is 18.0 Å². The van der Waals surface area contributed by atoms with Crippen molar-refractivity contribution in [3.63, 3.8) is 0 Å². The predicted molar refractivity (Wildman–Crippen MR) is 71.8 cm³/mol. The van der Waals surface area contributed by atoms with E-state index in [0.717, 1.165) is 28.1 Å². The van der Waals surface area contributed by atoms with Crippen LogP contribution in [0.25, 0.3) is 0 Å². The van der Waals surface area contributed by atoms with Gasteiger partial charge in [0.15, 0.2) is 5.69 Å². The van der Waals surface area contributed by atoms with E-state index in [1.165, 1.54) is 0 Å². The highest BCUT2D eigenvalue weighted by atomic mass is 19.4. The van der Waals surface area contributed by atoms with E-state index in [-0.39, 0.29) is 6.54 Å². The summed E-state index contributed by atoms with van der Waals surface area (Å²) in [6.07, 6.45) is -3.37. The van der Waals surface area contributed by atoms with Gasteiger partial charge in [0.25, 0.3) is 0 Å². The molecule has 2 rings (SSSR count). The minimum Gasteiger partial charge on any atom is -0.324 e. The summed E-state index contributed by atoms with van der Waals surface area (Å²) in [5.41, 5.74) is 1.49. The summed E-state index contributed by atoms with van der Waals surface area (Å²) in [7, 11) is 0. The first kappa shape index (κ1) is 15.1. The van der Waals surface area contributed by atoms with Crippen molar-refractivity contribution in [3.05, 3.63) is 47.3 Å². The first-order chi connectivity index (χ1) is 9.75. The van der Waals surface area contributed by atoms with Gasteiger partial charge in [-0.3, -0.25) is 9.48 Å². The van der Waals surface area contributed by atoms with Gasteiger partial charge in [0.05, 0.1) is 0 Å². The van der Waals surface area contributed by atoms with Crippen LogP contribution in [0.4, 0.5) is 18.9 Å². The molecular weight excluding hydrogens is 283 g/mol. The van der Waals surface area contributed by atoms with Crippen LogP contribution in [0.1, 0.15) is 16.8 Å². The minimum absolute atomic E-state index is 0.274. The molecule has 1 aromatic heterocycles. The van der Waals surface area contributed by atoms with E-state index in [1.54, 1.807) is 6.07 Å². The first-order valence-corrected chi connectivity index (χ1v) is 6.23. The summed E-state index contributed by atoms with van der Waals surface area (Å²) in [6, 6.07) is 6.41. The average Bonchev–Trinajstić information content (AvgIpc) is 2.82. The number of carbonyl (C=O) groups is 1. The smallest absolute Gasteiger partial charge is 0.324 e. The second kappa shape index (κ2) is 5.59. The summed E-state index contributed by atoms with van der Waals surface area (Å²) in [6.45, 7) is 3.45. The van der Waals surface area contributed by atoms with Crippen LogP contribution in [0.2, 0.25) is 0 Å². The molecular formula is C14H14F3N3O. The fourth-order valence-electron chi connectivity index (χ4n) is 1.81. The number of rotatable bonds is 3. The molecule has 112 valence electrons. The minimum atomic E-state index is -4.51. The van der Waals surface area contributed by atoms with E-state index in [2.05, 4.69) is 10.4 Å². The summed E-state index contributed by atoms with van der Waals surface area (Å²) < 4.78 is 38.2. The van der Waals surface area contributed by atoms with Gasteiger partial charge in [-0.15, -0.1) is 0 Å². The molecule has 0 atom stereocenters. The Balaban J connectivity index is 2.05. The van der Waals surface area contributed by atoms with Crippen LogP contribution in [0.3, 0.4) is 0 Å². The number of aromatic nitrogens is 2. The molecule has 0 aliphatic heterocycles. The fraction of sp³-hybridized carbons (Fsp3) is 0.286. The van der Waals surface area contributed by atoms with E-state index in [4.69, 9.17) is 0 Å². The molecule has 0 aliphatic carbocycles. The number of carbonyl (C=O) groups excluding carboxylic acids is 1. The number of halogens is 3. The number of benzene rings is 1. The molecule has 0 bridgehead atoms. The molecule has 0 aliphatic rings. The molecule has 0 saturated carbocycles. The van der Waals surface area contributed by atoms with Crippen LogP contribution in [-0.4, -0.2) is 15.7 Å². The molecule has 1 amide bonds. The average molecular weight is 297 g/mol. The summed E-state index contributed by atoms with van der Waals surface area (Å²) >= 11 is 0. The quantitative estimate of drug-likeness (QED) is 0.946. The van der Waals surface area contributed by atoms with Crippen LogP contribution >= 0.6 is 0 Å². The molecule has 0 fully saturated rings. The van der Waals surface area contributed by atoms with Gasteiger partial charge in [-0.05, 0) is 37.1 Å². The molecule has 0 unspecified atom stereocenters. The third-order valence-corrected chi connectivity index (χ3v) is 2.90. The molecule has 1 N–H and O–H groups in total. The molecule has 1 aromatic carbocycles. The second-order valence-corrected chi connectivity index (χ2v) is 4.76. The number of alkyl halides is 3. The van der Waals surface area contributed by atoms with Gasteiger partial charge in [0.1, 0.15) is 6.54 Å². The number of nitrogens with zero attached hydrogens (tertiary/aromatic N) is 2. The molecule has 7 heteroatoms. The lowest BCUT2D eigenvalue weighted by atomic mass is 10.1. The molecule has 0 saturated heterocycles. The maximum atomic E-state index is 12.4. The largest absolute Gasteiger partial charge is 0.435 e. The van der Waals surface area contributed by atoms with Crippen LogP contribution in [0.5, 0.6) is 0 Å². The maximum Gasteiger partial charge on any atom is 0.435 e. The number of aryl methyl sites for hydroxylation is 2. The zero-order valence-electron chi connectivity index (χ0n) is 11.5. The van der Waals surface area contributed by atoms with Crippen molar-refractivity contribution in [2.45, 2.75) is 26.6 Å². The Morgan fingerprint density at radius 2 is 2.00 bits per heavy atom. The SMILES string of the molecule is Cc1ccc(C)c(NC(=O)Cn2ccc(C(F)(F)F)n2)c1. The molecule has 1 heterocycles. The number of nitrogens with one attached hydrogen (secondary N) is 1. The summed E-state index contributed by atoms with van der Waals surface area (Å²) in [5.74, 6) is -0.430. The maximum absolute atomic E-state index is 12.4. The Kier molecular flexibility index (Phi) is 4.02. The van der Waals surface area contributed by atoms with Gasteiger partial charge >= 0.3 is 6.18 Å². The van der Waals surface area contributed by atoms with E-state index < -0.39 is 17.8 Å². The highest BCUT2D eigenvalue weighted by molar-refractivity contribution is 5.91. The predicted octanol–water partition coefficient (Wildman–Crippen LogP) is 3.16. The van der Waals surface area contributed by atoms with Crippen molar-refractivity contribution in [2.24, 2.45) is 0 Å². The Bertz CT molecular complexity index is 662. The molecule has 4 nitrogen and oxygen atoms in total. The van der Waals surface area contributed by atoms with Crippen LogP contribution < -0.4 is 5.32 Å². The van der Waals surface area contributed by atoms with Gasteiger partial charge in [-0.2, -0.15) is 18.3 Å². The summed E-state index contributed by atoms with van der Waals surface area (Å²) in [4.78, 5) is 11.9. The van der Waals surface area contributed by atoms with E-state index in [0.29, 0.717) is 5.69 Å². The Hall–Kier alpha value is -2.31. The van der Waals surface area contributed by atoms with Crippen molar-refractivity contribution in [1.29, 1.82) is 0 Å². The third-order valence-electron chi connectivity index (χ3n) is 2.90. The lowest BCUT2D eigenvalue weighted by Crippen LogP contribution is -2.20. The van der Waals surface area contributed by atoms with Gasteiger partial charge in [0.2, 0.25) is 5.91 Å². The van der Waals surface area contributed by atoms with E-state index in [1.807, 2.05) is 26.0 Å². The van der Waals surface area contributed by atoms with Crippen LogP contribution in [-0.2, 0) is 17.5 Å². The van der Waals surface area contributed by atoms with Gasteiger partial charge < -0.3 is 5.32 Å². The standard InChI is InChI=1S/C14H14F3N3O/c1-9-3-4-10(2)11(7-9)18-13(21)8-20-6-5-12(19-20)14(15,16)17/h3-7H,8H2,1-2H3,(H,18,21). The van der Waals surface area contributed by atoms with Gasteiger partial charge in [-0.1, -0.05) is 12.1 Å². The number of hydrogen-bond donors (Lipinski definition) is 1. The second-order valence-electron chi connectivity index (χ2n) is 4.76. The first-order valence-electron chi connectivity index (χ1n) is 6.23. The number of hydrogen-bond acceptors (Lipinski definition) is 2. The van der Waals surface area contributed by atoms with Crippen molar-refractivity contribution in [2.75, 3.05) is 5.32 Å². The van der Waals surface area contributed by atoms with Crippen LogP contribution in [0, 0.1) is 13.8 Å². The van der Waals surface area contributed by atoms with Gasteiger partial charge in [-0.25, -0.2) is 0 Å². The lowest BCUT2D eigenvalue weighted by molar-refractivity contribution is -0.141. The van der Waals surface area contributed by atoms with Gasteiger partial charge in [0, 0.05) is 11.9 Å². The Morgan fingerprint density at radius 1 is 1.29 bits per heavy atom. The fourth-order valence-corrected chi connectivity index (χ4v) is 1.81. The monoisotopic (exact) mass is 297 g/mol. The highest BCUT2D eigenvalue weighted by Crippen LogP contribution is 2.27. The zero-order chi connectivity index (χ0) is 15.6. The molecule has 21 heavy (non-hydrogen) atoms. The zero-order valence-corrected chi connectivity index (χ0v) is 11.5. The van der Waals surface area contributed by atoms with Crippen molar-refractivity contribution in [3.8, 4) is 0 Å². The third kappa shape index (κ3) is 3.84. The Labute approximate surface area is 119 Å². The van der Waals surface area contributed by atoms with Crippen molar-refractivity contribution >= 4 is 11.6 Å². The number of amides is 1. The van der Waals surface area contributed by atoms with Crippen LogP contribution in [0.15, 0.2) is 30.5 Å². The number of anilines is 1. The summed E-state index contributed by atoms with van der Waals surface area (Å²) in [5, 5.41) is 6.00. The normalized spacial score (nSPS) is 11.5. The van der Waals surface area contributed by atoms with E-state index in [9.17, 15) is 18.0 Å². The molecule has 2 aromatic rings. The lowest BCUT2D eigenvalue weighted by Gasteiger charge is -2.09. The Morgan fingerprint density at radius 3 is 2.62 bits per heavy atom. The molecule has 0 radical (unpaired) electrons. The molecule has 0 spiro atoms.